The first-order valence-corrected chi connectivity index (χ1v) is 4.77. The van der Waals surface area contributed by atoms with Crippen molar-refractivity contribution in [2.45, 2.75) is 13.3 Å². The quantitative estimate of drug-likeness (QED) is 0.481. The molecule has 4 nitrogen and oxygen atoms in total. The maximum Gasteiger partial charge on any atom is 0.308 e. The highest BCUT2D eigenvalue weighted by atomic mass is 16.5. The Hall–Kier alpha value is -1.97. The van der Waals surface area contributed by atoms with Crippen LogP contribution in [0.1, 0.15) is 12.5 Å². The van der Waals surface area contributed by atoms with E-state index >= 15 is 0 Å². The summed E-state index contributed by atoms with van der Waals surface area (Å²) in [5.41, 5.74) is 0.736. The van der Waals surface area contributed by atoms with Gasteiger partial charge in [0.05, 0.1) is 7.11 Å². The van der Waals surface area contributed by atoms with Gasteiger partial charge in [0.15, 0.2) is 11.5 Å². The van der Waals surface area contributed by atoms with Gasteiger partial charge in [-0.2, -0.15) is 0 Å². The average molecular weight is 222 g/mol. The lowest BCUT2D eigenvalue weighted by Crippen LogP contribution is -2.04. The zero-order valence-corrected chi connectivity index (χ0v) is 9.32. The van der Waals surface area contributed by atoms with E-state index in [1.54, 1.807) is 12.1 Å². The molecule has 0 saturated heterocycles. The summed E-state index contributed by atoms with van der Waals surface area (Å²) < 4.78 is 9.94. The normalized spacial score (nSPS) is 9.62. The monoisotopic (exact) mass is 222 g/mol. The maximum absolute atomic E-state index is 10.9. The van der Waals surface area contributed by atoms with Crippen LogP contribution in [0, 0.1) is 0 Å². The second-order valence-corrected chi connectivity index (χ2v) is 3.22. The summed E-state index contributed by atoms with van der Waals surface area (Å²) in [4.78, 5) is 10.9. The highest BCUT2D eigenvalue weighted by Crippen LogP contribution is 2.34. The molecule has 0 unspecified atom stereocenters. The molecule has 0 fully saturated rings. The van der Waals surface area contributed by atoms with Gasteiger partial charge in [-0.3, -0.25) is 4.79 Å². The third kappa shape index (κ3) is 2.76. The molecule has 1 rings (SSSR count). The number of aromatic hydroxyl groups is 1. The lowest BCUT2D eigenvalue weighted by molar-refractivity contribution is -0.131. The predicted molar refractivity (Wildman–Crippen MR) is 59.9 cm³/mol. The minimum absolute atomic E-state index is 0.0634. The van der Waals surface area contributed by atoms with Crippen molar-refractivity contribution in [2.75, 3.05) is 7.11 Å². The Bertz CT molecular complexity index is 410. The number of methoxy groups -OCH3 is 1. The second-order valence-electron chi connectivity index (χ2n) is 3.22. The fourth-order valence-electron chi connectivity index (χ4n) is 1.32. The topological polar surface area (TPSA) is 55.8 Å². The van der Waals surface area contributed by atoms with Crippen LogP contribution in [0.3, 0.4) is 0 Å². The van der Waals surface area contributed by atoms with Crippen molar-refractivity contribution in [3.8, 4) is 17.2 Å². The van der Waals surface area contributed by atoms with Crippen LogP contribution >= 0.6 is 0 Å². The number of phenolic OH excluding ortho intramolecular Hbond substituents is 1. The molecule has 1 aromatic rings. The SMILES string of the molecule is C=CCc1cc(OC)c(O)cc1OC(C)=O. The number of benzene rings is 1. The van der Waals surface area contributed by atoms with Crippen LogP contribution in [0.15, 0.2) is 24.8 Å². The average Bonchev–Trinajstić information content (AvgIpc) is 2.21. The van der Waals surface area contributed by atoms with E-state index in [4.69, 9.17) is 9.47 Å². The molecule has 0 aliphatic heterocycles. The van der Waals surface area contributed by atoms with Crippen molar-refractivity contribution in [2.24, 2.45) is 0 Å². The Balaban J connectivity index is 3.17. The predicted octanol–water partition coefficient (Wildman–Crippen LogP) is 2.05. The minimum atomic E-state index is -0.435. The number of hydrogen-bond acceptors (Lipinski definition) is 4. The van der Waals surface area contributed by atoms with E-state index in [0.29, 0.717) is 17.9 Å². The summed E-state index contributed by atoms with van der Waals surface area (Å²) in [6, 6.07) is 2.98. The lowest BCUT2D eigenvalue weighted by atomic mass is 10.1. The first-order chi connectivity index (χ1) is 7.58. The van der Waals surface area contributed by atoms with Gasteiger partial charge in [0, 0.05) is 18.6 Å². The zero-order chi connectivity index (χ0) is 12.1. The number of ether oxygens (including phenoxy) is 2. The third-order valence-electron chi connectivity index (χ3n) is 1.98. The van der Waals surface area contributed by atoms with Crippen molar-refractivity contribution < 1.29 is 19.4 Å². The summed E-state index contributed by atoms with van der Waals surface area (Å²) in [6.45, 7) is 4.91. The fraction of sp³-hybridized carbons (Fsp3) is 0.250. The van der Waals surface area contributed by atoms with E-state index in [0.717, 1.165) is 5.56 Å². The number of rotatable bonds is 4. The van der Waals surface area contributed by atoms with Crippen molar-refractivity contribution in [3.05, 3.63) is 30.4 Å². The summed E-state index contributed by atoms with van der Waals surface area (Å²) in [7, 11) is 1.46. The Kier molecular flexibility index (Phi) is 3.94. The van der Waals surface area contributed by atoms with Gasteiger partial charge in [-0.25, -0.2) is 0 Å². The van der Waals surface area contributed by atoms with E-state index < -0.39 is 5.97 Å². The van der Waals surface area contributed by atoms with E-state index in [1.807, 2.05) is 0 Å². The van der Waals surface area contributed by atoms with Gasteiger partial charge in [-0.1, -0.05) is 6.08 Å². The summed E-state index contributed by atoms with van der Waals surface area (Å²) in [5, 5.41) is 9.55. The third-order valence-corrected chi connectivity index (χ3v) is 1.98. The van der Waals surface area contributed by atoms with Crippen LogP contribution in [-0.4, -0.2) is 18.2 Å². The molecule has 86 valence electrons. The molecule has 0 spiro atoms. The van der Waals surface area contributed by atoms with Gasteiger partial charge >= 0.3 is 5.97 Å². The standard InChI is InChI=1S/C12H14O4/c1-4-5-9-6-12(15-3)10(14)7-11(9)16-8(2)13/h4,6-7,14H,1,5H2,2-3H3. The van der Waals surface area contributed by atoms with Gasteiger partial charge in [-0.05, 0) is 12.5 Å². The van der Waals surface area contributed by atoms with E-state index in [9.17, 15) is 9.90 Å². The van der Waals surface area contributed by atoms with E-state index in [1.165, 1.54) is 20.1 Å². The van der Waals surface area contributed by atoms with Crippen LogP contribution in [0.2, 0.25) is 0 Å². The molecule has 0 saturated carbocycles. The molecule has 0 aliphatic rings. The van der Waals surface area contributed by atoms with Crippen LogP contribution in [0.5, 0.6) is 17.2 Å². The number of allylic oxidation sites excluding steroid dienone is 1. The molecule has 0 aromatic heterocycles. The molecule has 0 heterocycles. The number of carbonyl (C=O) groups excluding carboxylic acids is 1. The molecule has 0 amide bonds. The molecule has 0 radical (unpaired) electrons. The molecular weight excluding hydrogens is 208 g/mol. The van der Waals surface area contributed by atoms with E-state index in [-0.39, 0.29) is 5.75 Å². The molecular formula is C12H14O4. The number of carbonyl (C=O) groups is 1. The van der Waals surface area contributed by atoms with Crippen molar-refractivity contribution in [3.63, 3.8) is 0 Å². The van der Waals surface area contributed by atoms with Gasteiger partial charge in [0.1, 0.15) is 5.75 Å². The van der Waals surface area contributed by atoms with Gasteiger partial charge in [0.2, 0.25) is 0 Å². The zero-order valence-electron chi connectivity index (χ0n) is 9.32. The van der Waals surface area contributed by atoms with Gasteiger partial charge in [0.25, 0.3) is 0 Å². The first-order valence-electron chi connectivity index (χ1n) is 4.77. The van der Waals surface area contributed by atoms with E-state index in [2.05, 4.69) is 6.58 Å². The molecule has 0 atom stereocenters. The highest BCUT2D eigenvalue weighted by molar-refractivity contribution is 5.70. The highest BCUT2D eigenvalue weighted by Gasteiger charge is 2.11. The first kappa shape index (κ1) is 12.1. The van der Waals surface area contributed by atoms with Crippen LogP contribution in [-0.2, 0) is 11.2 Å². The van der Waals surface area contributed by atoms with Crippen LogP contribution in [0.25, 0.3) is 0 Å². The number of phenols is 1. The van der Waals surface area contributed by atoms with Crippen molar-refractivity contribution >= 4 is 5.97 Å². The van der Waals surface area contributed by atoms with Gasteiger partial charge in [-0.15, -0.1) is 6.58 Å². The van der Waals surface area contributed by atoms with Gasteiger partial charge < -0.3 is 14.6 Å². The smallest absolute Gasteiger partial charge is 0.308 e. The molecule has 1 N–H and O–H groups in total. The Labute approximate surface area is 94.1 Å². The summed E-state index contributed by atoms with van der Waals surface area (Å²) >= 11 is 0. The molecule has 1 aromatic carbocycles. The largest absolute Gasteiger partial charge is 0.504 e. The molecule has 0 bridgehead atoms. The Morgan fingerprint density at radius 1 is 1.50 bits per heavy atom. The van der Waals surface area contributed by atoms with Crippen LogP contribution < -0.4 is 9.47 Å². The number of esters is 1. The fourth-order valence-corrected chi connectivity index (χ4v) is 1.32. The lowest BCUT2D eigenvalue weighted by Gasteiger charge is -2.11. The molecule has 4 heteroatoms. The van der Waals surface area contributed by atoms with Crippen molar-refractivity contribution in [1.29, 1.82) is 0 Å². The summed E-state index contributed by atoms with van der Waals surface area (Å²) in [5.74, 6) is 0.167. The molecule has 16 heavy (non-hydrogen) atoms. The summed E-state index contributed by atoms with van der Waals surface area (Å²) in [6.07, 6.45) is 2.21. The Morgan fingerprint density at radius 3 is 2.69 bits per heavy atom. The molecule has 0 aliphatic carbocycles. The second kappa shape index (κ2) is 5.21. The minimum Gasteiger partial charge on any atom is -0.504 e. The van der Waals surface area contributed by atoms with Crippen LogP contribution in [0.4, 0.5) is 0 Å². The number of hydrogen-bond donors (Lipinski definition) is 1. The maximum atomic E-state index is 10.9. The van der Waals surface area contributed by atoms with Crippen molar-refractivity contribution in [1.82, 2.24) is 0 Å². The Morgan fingerprint density at radius 2 is 2.19 bits per heavy atom.